The van der Waals surface area contributed by atoms with Gasteiger partial charge in [-0.3, -0.25) is 4.79 Å². The Labute approximate surface area is 106 Å². The molecule has 1 N–H and O–H groups in total. The number of hydrogen-bond acceptors (Lipinski definition) is 3. The molecule has 1 heterocycles. The van der Waals surface area contributed by atoms with E-state index in [2.05, 4.69) is 15.5 Å². The van der Waals surface area contributed by atoms with Crippen molar-refractivity contribution in [3.63, 3.8) is 0 Å². The normalized spacial score (nSPS) is 10.2. The summed E-state index contributed by atoms with van der Waals surface area (Å²) in [5.41, 5.74) is -0.320. The van der Waals surface area contributed by atoms with Gasteiger partial charge in [-0.05, 0) is 24.3 Å². The number of rotatable bonds is 2. The molecule has 0 radical (unpaired) electrons. The van der Waals surface area contributed by atoms with Crippen LogP contribution in [0.3, 0.4) is 0 Å². The molecule has 0 spiro atoms. The molecule has 1 aromatic carbocycles. The number of carbonyl (C=O) groups is 1. The number of nitrogens with one attached hydrogen (secondary N) is 1. The maximum atomic E-state index is 13.3. The van der Waals surface area contributed by atoms with Gasteiger partial charge in [-0.15, -0.1) is 10.2 Å². The van der Waals surface area contributed by atoms with Crippen molar-refractivity contribution in [2.75, 3.05) is 5.32 Å². The molecular formula is C11H6ClF2N3O. The summed E-state index contributed by atoms with van der Waals surface area (Å²) in [7, 11) is 0. The van der Waals surface area contributed by atoms with Gasteiger partial charge in [0.05, 0.1) is 5.69 Å². The van der Waals surface area contributed by atoms with Crippen LogP contribution in [0, 0.1) is 11.6 Å². The first-order chi connectivity index (χ1) is 8.58. The predicted molar refractivity (Wildman–Crippen MR) is 61.4 cm³/mol. The molecule has 4 nitrogen and oxygen atoms in total. The molecule has 0 unspecified atom stereocenters. The fourth-order valence-corrected chi connectivity index (χ4v) is 1.32. The molecule has 0 aliphatic rings. The number of carbonyl (C=O) groups excluding carboxylic acids is 1. The van der Waals surface area contributed by atoms with Crippen LogP contribution in [0.5, 0.6) is 0 Å². The Kier molecular flexibility index (Phi) is 3.47. The topological polar surface area (TPSA) is 54.9 Å². The van der Waals surface area contributed by atoms with E-state index in [9.17, 15) is 13.6 Å². The molecular weight excluding hydrogens is 264 g/mol. The summed E-state index contributed by atoms with van der Waals surface area (Å²) < 4.78 is 26.2. The van der Waals surface area contributed by atoms with Gasteiger partial charge in [0.2, 0.25) is 0 Å². The molecule has 2 aromatic rings. The maximum absolute atomic E-state index is 13.3. The summed E-state index contributed by atoms with van der Waals surface area (Å²) in [4.78, 5) is 11.6. The summed E-state index contributed by atoms with van der Waals surface area (Å²) in [5, 5.41) is 9.30. The number of amides is 1. The van der Waals surface area contributed by atoms with E-state index in [1.54, 1.807) is 0 Å². The zero-order valence-electron chi connectivity index (χ0n) is 8.82. The Morgan fingerprint density at radius 2 is 1.94 bits per heavy atom. The van der Waals surface area contributed by atoms with E-state index in [0.29, 0.717) is 0 Å². The van der Waals surface area contributed by atoms with Crippen molar-refractivity contribution in [1.29, 1.82) is 0 Å². The first-order valence-corrected chi connectivity index (χ1v) is 5.20. The van der Waals surface area contributed by atoms with Crippen molar-refractivity contribution >= 4 is 23.2 Å². The van der Waals surface area contributed by atoms with Gasteiger partial charge in [0.25, 0.3) is 5.91 Å². The van der Waals surface area contributed by atoms with Gasteiger partial charge in [0, 0.05) is 0 Å². The van der Waals surface area contributed by atoms with E-state index in [4.69, 9.17) is 11.6 Å². The second-order valence-corrected chi connectivity index (χ2v) is 3.68. The quantitative estimate of drug-likeness (QED) is 0.912. The summed E-state index contributed by atoms with van der Waals surface area (Å²) >= 11 is 5.51. The number of aromatic nitrogens is 2. The minimum absolute atomic E-state index is 0.0527. The van der Waals surface area contributed by atoms with E-state index >= 15 is 0 Å². The van der Waals surface area contributed by atoms with E-state index in [1.165, 1.54) is 24.3 Å². The van der Waals surface area contributed by atoms with E-state index < -0.39 is 17.5 Å². The Bertz CT molecular complexity index is 589. The van der Waals surface area contributed by atoms with Crippen molar-refractivity contribution in [2.45, 2.75) is 0 Å². The smallest absolute Gasteiger partial charge is 0.276 e. The fraction of sp³-hybridized carbons (Fsp3) is 0. The van der Waals surface area contributed by atoms with E-state index in [1.807, 2.05) is 0 Å². The lowest BCUT2D eigenvalue weighted by atomic mass is 10.2. The Morgan fingerprint density at radius 3 is 2.61 bits per heavy atom. The van der Waals surface area contributed by atoms with Crippen molar-refractivity contribution in [1.82, 2.24) is 10.2 Å². The molecule has 0 fully saturated rings. The van der Waals surface area contributed by atoms with Crippen LogP contribution in [0.2, 0.25) is 5.15 Å². The number of hydrogen-bond donors (Lipinski definition) is 1. The molecule has 7 heteroatoms. The van der Waals surface area contributed by atoms with Crippen LogP contribution < -0.4 is 5.32 Å². The van der Waals surface area contributed by atoms with Crippen molar-refractivity contribution in [2.24, 2.45) is 0 Å². The van der Waals surface area contributed by atoms with Gasteiger partial charge in [-0.2, -0.15) is 0 Å². The van der Waals surface area contributed by atoms with Crippen LogP contribution in [0.1, 0.15) is 10.5 Å². The lowest BCUT2D eigenvalue weighted by Gasteiger charge is -2.05. The molecule has 1 amide bonds. The Hall–Kier alpha value is -2.08. The van der Waals surface area contributed by atoms with Gasteiger partial charge in [0.1, 0.15) is 0 Å². The number of anilines is 1. The molecule has 0 bridgehead atoms. The molecule has 0 saturated carbocycles. The number of benzene rings is 1. The zero-order valence-corrected chi connectivity index (χ0v) is 9.58. The highest BCUT2D eigenvalue weighted by Crippen LogP contribution is 2.17. The standard InChI is InChI=1S/C11H6ClF2N3O/c12-9-5-4-8(16-17-9)11(18)15-7-3-1-2-6(13)10(7)14/h1-5H,(H,15,18). The van der Waals surface area contributed by atoms with Crippen molar-refractivity contribution in [3.05, 3.63) is 52.8 Å². The highest BCUT2D eigenvalue weighted by atomic mass is 35.5. The highest BCUT2D eigenvalue weighted by Gasteiger charge is 2.13. The van der Waals surface area contributed by atoms with E-state index in [-0.39, 0.29) is 16.5 Å². The average Bonchev–Trinajstić information content (AvgIpc) is 2.36. The van der Waals surface area contributed by atoms with Gasteiger partial charge in [-0.25, -0.2) is 8.78 Å². The first kappa shape index (κ1) is 12.4. The van der Waals surface area contributed by atoms with Crippen molar-refractivity contribution < 1.29 is 13.6 Å². The zero-order chi connectivity index (χ0) is 13.1. The Morgan fingerprint density at radius 1 is 1.17 bits per heavy atom. The van der Waals surface area contributed by atoms with Crippen LogP contribution >= 0.6 is 11.6 Å². The van der Waals surface area contributed by atoms with Crippen LogP contribution in [-0.2, 0) is 0 Å². The minimum atomic E-state index is -1.13. The third-order valence-electron chi connectivity index (χ3n) is 2.06. The SMILES string of the molecule is O=C(Nc1cccc(F)c1F)c1ccc(Cl)nn1. The van der Waals surface area contributed by atoms with Gasteiger partial charge >= 0.3 is 0 Å². The Balaban J connectivity index is 2.21. The van der Waals surface area contributed by atoms with Gasteiger partial charge in [0.15, 0.2) is 22.5 Å². The maximum Gasteiger partial charge on any atom is 0.276 e. The monoisotopic (exact) mass is 269 g/mol. The summed E-state index contributed by atoms with van der Waals surface area (Å²) in [6, 6.07) is 6.15. The summed E-state index contributed by atoms with van der Waals surface area (Å²) in [5.74, 6) is -2.88. The molecule has 18 heavy (non-hydrogen) atoms. The minimum Gasteiger partial charge on any atom is -0.318 e. The fourth-order valence-electron chi connectivity index (χ4n) is 1.22. The lowest BCUT2D eigenvalue weighted by Crippen LogP contribution is -2.15. The molecule has 0 saturated heterocycles. The molecule has 1 aromatic heterocycles. The first-order valence-electron chi connectivity index (χ1n) is 4.82. The van der Waals surface area contributed by atoms with Crippen LogP contribution in [0.25, 0.3) is 0 Å². The second-order valence-electron chi connectivity index (χ2n) is 3.30. The lowest BCUT2D eigenvalue weighted by molar-refractivity contribution is 0.102. The number of halogens is 3. The largest absolute Gasteiger partial charge is 0.318 e. The van der Waals surface area contributed by atoms with Gasteiger partial charge in [-0.1, -0.05) is 17.7 Å². The van der Waals surface area contributed by atoms with Crippen LogP contribution in [-0.4, -0.2) is 16.1 Å². The third kappa shape index (κ3) is 2.60. The van der Waals surface area contributed by atoms with Gasteiger partial charge < -0.3 is 5.32 Å². The van der Waals surface area contributed by atoms with E-state index in [0.717, 1.165) is 6.07 Å². The van der Waals surface area contributed by atoms with Crippen LogP contribution in [0.4, 0.5) is 14.5 Å². The molecule has 0 atom stereocenters. The second kappa shape index (κ2) is 5.05. The number of nitrogens with zero attached hydrogens (tertiary/aromatic N) is 2. The molecule has 0 aliphatic heterocycles. The van der Waals surface area contributed by atoms with Crippen LogP contribution in [0.15, 0.2) is 30.3 Å². The molecule has 92 valence electrons. The average molecular weight is 270 g/mol. The molecule has 2 rings (SSSR count). The van der Waals surface area contributed by atoms with Crippen molar-refractivity contribution in [3.8, 4) is 0 Å². The summed E-state index contributed by atoms with van der Waals surface area (Å²) in [6.45, 7) is 0. The molecule has 0 aliphatic carbocycles. The third-order valence-corrected chi connectivity index (χ3v) is 2.27. The predicted octanol–water partition coefficient (Wildman–Crippen LogP) is 2.66. The summed E-state index contributed by atoms with van der Waals surface area (Å²) in [6.07, 6.45) is 0. The highest BCUT2D eigenvalue weighted by molar-refractivity contribution is 6.29.